The molecule has 1 saturated carbocycles. The third kappa shape index (κ3) is 3.73. The zero-order valence-corrected chi connectivity index (χ0v) is 20.1. The summed E-state index contributed by atoms with van der Waals surface area (Å²) in [5, 5.41) is 18.9. The minimum atomic E-state index is -1.09. The summed E-state index contributed by atoms with van der Waals surface area (Å²) in [6, 6.07) is 10.8. The molecule has 1 N–H and O–H groups in total. The van der Waals surface area contributed by atoms with Crippen molar-refractivity contribution >= 4 is 29.2 Å². The van der Waals surface area contributed by atoms with Gasteiger partial charge in [0.25, 0.3) is 0 Å². The van der Waals surface area contributed by atoms with Gasteiger partial charge in [-0.25, -0.2) is 4.79 Å². The molecule has 2 aromatic heterocycles. The number of hydrogen-bond donors (Lipinski definition) is 1. The van der Waals surface area contributed by atoms with E-state index >= 15 is 0 Å². The normalized spacial score (nSPS) is 14.3. The molecule has 0 spiro atoms. The quantitative estimate of drug-likeness (QED) is 0.334. The minimum Gasteiger partial charge on any atom is -0.489 e. The van der Waals surface area contributed by atoms with Gasteiger partial charge in [-0.2, -0.15) is 5.10 Å². The molecule has 0 saturated heterocycles. The van der Waals surface area contributed by atoms with Crippen molar-refractivity contribution in [2.45, 2.75) is 32.0 Å². The molecule has 1 aliphatic heterocycles. The summed E-state index contributed by atoms with van der Waals surface area (Å²) in [6.07, 6.45) is 2.06. The van der Waals surface area contributed by atoms with E-state index < -0.39 is 5.97 Å². The number of halogens is 2. The van der Waals surface area contributed by atoms with Crippen LogP contribution in [0.25, 0.3) is 22.5 Å². The van der Waals surface area contributed by atoms with Crippen LogP contribution in [0.2, 0.25) is 10.0 Å². The molecule has 0 unspecified atom stereocenters. The first-order chi connectivity index (χ1) is 16.9. The highest BCUT2D eigenvalue weighted by Gasteiger charge is 2.34. The topological polar surface area (TPSA) is 99.6 Å². The van der Waals surface area contributed by atoms with Gasteiger partial charge in [0.05, 0.1) is 26.9 Å². The molecule has 178 valence electrons. The summed E-state index contributed by atoms with van der Waals surface area (Å²) < 4.78 is 19.3. The lowest BCUT2D eigenvalue weighted by Gasteiger charge is -2.19. The van der Waals surface area contributed by atoms with E-state index in [0.717, 1.165) is 24.2 Å². The van der Waals surface area contributed by atoms with Crippen LogP contribution >= 0.6 is 23.2 Å². The summed E-state index contributed by atoms with van der Waals surface area (Å²) >= 11 is 12.9. The lowest BCUT2D eigenvalue weighted by molar-refractivity contribution is 0.0686. The van der Waals surface area contributed by atoms with E-state index in [1.54, 1.807) is 29.9 Å². The Morgan fingerprint density at radius 3 is 2.71 bits per heavy atom. The number of aromatic carboxylic acids is 1. The summed E-state index contributed by atoms with van der Waals surface area (Å²) in [5.74, 6) is 1.22. The summed E-state index contributed by atoms with van der Waals surface area (Å²) in [4.78, 5) is 11.6. The van der Waals surface area contributed by atoms with E-state index in [4.69, 9.17) is 37.2 Å². The predicted molar refractivity (Wildman–Crippen MR) is 128 cm³/mol. The van der Waals surface area contributed by atoms with Crippen LogP contribution in [0.15, 0.2) is 40.9 Å². The molecular formula is C25H19Cl2N3O5. The number of nitrogens with zero attached hydrogens (tertiary/aromatic N) is 3. The molecule has 3 heterocycles. The Kier molecular flexibility index (Phi) is 5.23. The monoisotopic (exact) mass is 511 g/mol. The number of fused-ring (bicyclic) bond motifs is 3. The van der Waals surface area contributed by atoms with Gasteiger partial charge in [-0.3, -0.25) is 4.68 Å². The van der Waals surface area contributed by atoms with Crippen molar-refractivity contribution in [2.24, 2.45) is 7.05 Å². The van der Waals surface area contributed by atoms with Crippen LogP contribution in [0.4, 0.5) is 0 Å². The molecule has 1 fully saturated rings. The second-order valence-electron chi connectivity index (χ2n) is 8.58. The van der Waals surface area contributed by atoms with Gasteiger partial charge >= 0.3 is 5.97 Å². The van der Waals surface area contributed by atoms with Gasteiger partial charge in [-0.15, -0.1) is 0 Å². The molecule has 8 nitrogen and oxygen atoms in total. The second-order valence-corrected chi connectivity index (χ2v) is 9.40. The Balaban J connectivity index is 1.35. The van der Waals surface area contributed by atoms with E-state index in [1.165, 1.54) is 0 Å². The minimum absolute atomic E-state index is 0.0146. The Morgan fingerprint density at radius 2 is 2.00 bits per heavy atom. The Bertz CT molecular complexity index is 1470. The van der Waals surface area contributed by atoms with E-state index in [9.17, 15) is 9.90 Å². The highest BCUT2D eigenvalue weighted by Crippen LogP contribution is 2.46. The molecule has 0 atom stereocenters. The lowest BCUT2D eigenvalue weighted by Crippen LogP contribution is -2.09. The predicted octanol–water partition coefficient (Wildman–Crippen LogP) is 6.10. The lowest BCUT2D eigenvalue weighted by atomic mass is 10.0. The number of ether oxygens (including phenoxy) is 2. The van der Waals surface area contributed by atoms with Crippen LogP contribution in [0.5, 0.6) is 11.5 Å². The molecule has 2 aromatic carbocycles. The highest BCUT2D eigenvalue weighted by atomic mass is 35.5. The van der Waals surface area contributed by atoms with Crippen LogP contribution in [-0.2, 0) is 20.3 Å². The van der Waals surface area contributed by atoms with Gasteiger partial charge in [-0.05, 0) is 43.2 Å². The number of aryl methyl sites for hydroxylation is 1. The standard InChI is InChI=1S/C25H19Cl2N3O5/c1-30-23-14-9-13(7-8-19(14)34-10-15(23)22(28-30)25(31)32)33-11-16-21(29-35-24(16)12-5-6-12)20-17(26)3-2-4-18(20)27/h2-4,7-9,12H,5-6,10-11H2,1H3,(H,31,32). The third-order valence-corrected chi connectivity index (χ3v) is 6.91. The fraction of sp³-hybridized carbons (Fsp3) is 0.240. The van der Waals surface area contributed by atoms with E-state index in [0.29, 0.717) is 55.5 Å². The fourth-order valence-electron chi connectivity index (χ4n) is 4.48. The molecule has 2 aliphatic rings. The molecule has 6 rings (SSSR count). The summed E-state index contributed by atoms with van der Waals surface area (Å²) in [5.41, 5.74) is 3.93. The molecule has 35 heavy (non-hydrogen) atoms. The number of rotatable bonds is 6. The van der Waals surface area contributed by atoms with Crippen LogP contribution in [0.3, 0.4) is 0 Å². The molecule has 4 aromatic rings. The number of carbonyl (C=O) groups is 1. The van der Waals surface area contributed by atoms with Crippen molar-refractivity contribution in [1.29, 1.82) is 0 Å². The number of carboxylic acid groups (broad SMARTS) is 1. The van der Waals surface area contributed by atoms with E-state index in [1.807, 2.05) is 18.2 Å². The fourth-order valence-corrected chi connectivity index (χ4v) is 5.05. The zero-order chi connectivity index (χ0) is 24.3. The molecule has 0 amide bonds. The van der Waals surface area contributed by atoms with Crippen molar-refractivity contribution in [1.82, 2.24) is 14.9 Å². The van der Waals surface area contributed by atoms with Gasteiger partial charge in [-0.1, -0.05) is 34.4 Å². The number of hydrogen-bond acceptors (Lipinski definition) is 6. The first kappa shape index (κ1) is 22.0. The molecular weight excluding hydrogens is 493 g/mol. The van der Waals surface area contributed by atoms with E-state index in [2.05, 4.69) is 10.3 Å². The van der Waals surface area contributed by atoms with Crippen molar-refractivity contribution in [3.8, 4) is 34.0 Å². The van der Waals surface area contributed by atoms with Gasteiger partial charge in [0.2, 0.25) is 0 Å². The van der Waals surface area contributed by atoms with Crippen molar-refractivity contribution < 1.29 is 23.9 Å². The van der Waals surface area contributed by atoms with E-state index in [-0.39, 0.29) is 18.9 Å². The Labute approximate surface area is 210 Å². The average Bonchev–Trinajstić information content (AvgIpc) is 3.50. The molecule has 1 aliphatic carbocycles. The zero-order valence-electron chi connectivity index (χ0n) is 18.5. The molecule has 0 bridgehead atoms. The largest absolute Gasteiger partial charge is 0.489 e. The molecule has 10 heteroatoms. The van der Waals surface area contributed by atoms with Crippen LogP contribution < -0.4 is 9.47 Å². The first-order valence-corrected chi connectivity index (χ1v) is 11.8. The van der Waals surface area contributed by atoms with Crippen LogP contribution in [0, 0.1) is 0 Å². The van der Waals surface area contributed by atoms with Crippen LogP contribution in [-0.4, -0.2) is 26.0 Å². The maximum atomic E-state index is 11.6. The average molecular weight is 512 g/mol. The SMILES string of the molecule is Cn1nc(C(=O)O)c2c1-c1cc(OCc3c(-c4c(Cl)cccc4Cl)noc3C3CC3)ccc1OC2. The number of aromatic nitrogens is 3. The van der Waals surface area contributed by atoms with Crippen molar-refractivity contribution in [2.75, 3.05) is 0 Å². The maximum Gasteiger partial charge on any atom is 0.356 e. The second kappa shape index (κ2) is 8.32. The van der Waals surface area contributed by atoms with Crippen molar-refractivity contribution in [3.05, 3.63) is 69.0 Å². The highest BCUT2D eigenvalue weighted by molar-refractivity contribution is 6.39. The van der Waals surface area contributed by atoms with Gasteiger partial charge in [0.15, 0.2) is 5.69 Å². The number of carboxylic acids is 1. The van der Waals surface area contributed by atoms with Gasteiger partial charge in [0.1, 0.15) is 36.2 Å². The maximum absolute atomic E-state index is 11.6. The van der Waals surface area contributed by atoms with Crippen molar-refractivity contribution in [3.63, 3.8) is 0 Å². The number of benzene rings is 2. The Hall–Kier alpha value is -3.49. The van der Waals surface area contributed by atoms with Gasteiger partial charge < -0.3 is 19.1 Å². The van der Waals surface area contributed by atoms with Crippen LogP contribution in [0.1, 0.15) is 46.1 Å². The smallest absolute Gasteiger partial charge is 0.356 e. The Morgan fingerprint density at radius 1 is 1.23 bits per heavy atom. The third-order valence-electron chi connectivity index (χ3n) is 6.28. The molecule has 0 radical (unpaired) electrons. The summed E-state index contributed by atoms with van der Waals surface area (Å²) in [6.45, 7) is 0.343. The summed E-state index contributed by atoms with van der Waals surface area (Å²) in [7, 11) is 1.71. The van der Waals surface area contributed by atoms with Gasteiger partial charge in [0, 0.05) is 24.1 Å². The first-order valence-electron chi connectivity index (χ1n) is 11.0.